The van der Waals surface area contributed by atoms with Crippen LogP contribution in [-0.4, -0.2) is 99.3 Å². The molecule has 4 saturated heterocycles. The molecule has 4 aliphatic rings. The summed E-state index contributed by atoms with van der Waals surface area (Å²) in [5.41, 5.74) is 0. The number of epoxide rings is 4. The van der Waals surface area contributed by atoms with E-state index in [-0.39, 0.29) is 41.6 Å². The molecule has 4 heterocycles. The number of hydrogen-bond acceptors (Lipinski definition) is 11. The molecule has 509 valence electrons. The number of carbonyl (C=O) groups is 4. The van der Waals surface area contributed by atoms with Gasteiger partial charge in [-0.15, -0.1) is 0 Å². The van der Waals surface area contributed by atoms with Gasteiger partial charge in [-0.2, -0.15) is 0 Å². The van der Waals surface area contributed by atoms with Crippen molar-refractivity contribution in [1.82, 2.24) is 0 Å². The van der Waals surface area contributed by atoms with E-state index in [1.165, 1.54) is 205 Å². The Hall–Kier alpha value is -0.722. The van der Waals surface area contributed by atoms with Gasteiger partial charge < -0.3 is 9.84 Å². The summed E-state index contributed by atoms with van der Waals surface area (Å²) in [4.78, 5) is 49.0. The van der Waals surface area contributed by atoms with Crippen molar-refractivity contribution in [3.8, 4) is 0 Å². The maximum absolute atomic E-state index is 12.9. The van der Waals surface area contributed by atoms with Crippen LogP contribution in [0.3, 0.4) is 0 Å². The summed E-state index contributed by atoms with van der Waals surface area (Å²) in [5.74, 6) is -1.93. The minimum atomic E-state index is -3.82. The molecule has 0 aromatic heterocycles. The standard InChI is InChI=1S/4C18H34O3.Ag.Sb/c4*1-2-3-4-5-7-10-13-16-17(21-16)14-11-8-6-9-12-15-18(19)20;;/h4*16-17H,2-15H2,1H3,(H,19,20);;/q;;;;;+3/p-3. The first kappa shape index (κ1) is 81.4. The summed E-state index contributed by atoms with van der Waals surface area (Å²) in [6.07, 6.45) is 67.3. The quantitative estimate of drug-likeness (QED) is 0.0348. The molecule has 1 N–H and O–H groups in total. The van der Waals surface area contributed by atoms with Gasteiger partial charge in [-0.25, -0.2) is 0 Å². The molecule has 0 aromatic carbocycles. The van der Waals surface area contributed by atoms with Crippen LogP contribution in [0.25, 0.3) is 0 Å². The van der Waals surface area contributed by atoms with Gasteiger partial charge in [0.1, 0.15) is 0 Å². The minimum Gasteiger partial charge on any atom is -0.0654 e. The fraction of sp³-hybridized carbons (Fsp3) is 0.944. The molecule has 8 atom stereocenters. The fourth-order valence-electron chi connectivity index (χ4n) is 12.3. The zero-order chi connectivity index (χ0) is 61.1. The van der Waals surface area contributed by atoms with E-state index in [0.717, 1.165) is 128 Å². The van der Waals surface area contributed by atoms with E-state index in [2.05, 4.69) is 27.7 Å². The van der Waals surface area contributed by atoms with Gasteiger partial charge >= 0.3 is 274 Å². The van der Waals surface area contributed by atoms with Gasteiger partial charge in [-0.1, -0.05) is 207 Å². The molecule has 4 fully saturated rings. The maximum atomic E-state index is 12.9. The van der Waals surface area contributed by atoms with Crippen molar-refractivity contribution >= 4 is 45.3 Å². The monoisotopic (exact) mass is 1420 g/mol. The van der Waals surface area contributed by atoms with Crippen LogP contribution in [0.15, 0.2) is 0 Å². The average Bonchev–Trinajstić information content (AvgIpc) is 4.42. The van der Waals surface area contributed by atoms with Crippen molar-refractivity contribution in [2.45, 2.75) is 436 Å². The van der Waals surface area contributed by atoms with Crippen LogP contribution in [0.5, 0.6) is 0 Å². The van der Waals surface area contributed by atoms with Gasteiger partial charge in [0.2, 0.25) is 0 Å². The molecular formula is C72H133AgO12Sb. The smallest absolute Gasteiger partial charge is 0.0654 e. The zero-order valence-corrected chi connectivity index (χ0v) is 59.9. The van der Waals surface area contributed by atoms with E-state index in [1.54, 1.807) is 0 Å². The van der Waals surface area contributed by atoms with Crippen molar-refractivity contribution < 1.29 is 74.7 Å². The summed E-state index contributed by atoms with van der Waals surface area (Å²) in [7, 11) is 0. The Morgan fingerprint density at radius 3 is 0.616 bits per heavy atom. The number of ether oxygens (including phenoxy) is 4. The third-order valence-electron chi connectivity index (χ3n) is 18.1. The molecule has 14 heteroatoms. The number of carboxylic acid groups (broad SMARTS) is 1. The number of carboxylic acids is 1. The van der Waals surface area contributed by atoms with Gasteiger partial charge in [0.25, 0.3) is 0 Å². The summed E-state index contributed by atoms with van der Waals surface area (Å²) in [6.45, 7) is 9.04. The SMILES string of the molecule is CCCCCCCCC1OC1CCCCCCCC(=O)O.CCCCCCCCC1OC1CCCCCCCC(=O)[O][Sb]([O]C(=O)CCCCCCCC1OC1CCCCCCCC)[O]C(=O)CCCCCCCC1OC1CCCCCCCC.[Ag]. The summed E-state index contributed by atoms with van der Waals surface area (Å²) in [6, 6.07) is 0. The van der Waals surface area contributed by atoms with E-state index in [4.69, 9.17) is 33.1 Å². The minimum absolute atomic E-state index is 0. The topological polar surface area (TPSA) is 166 Å². The van der Waals surface area contributed by atoms with Crippen molar-refractivity contribution in [1.29, 1.82) is 0 Å². The van der Waals surface area contributed by atoms with Crippen molar-refractivity contribution in [2.75, 3.05) is 0 Å². The molecule has 1 radical (unpaired) electrons. The Bertz CT molecular complexity index is 1470. The second kappa shape index (κ2) is 57.0. The fourth-order valence-corrected chi connectivity index (χ4v) is 14.8. The molecule has 12 nitrogen and oxygen atoms in total. The molecular weight excluding hydrogens is 1290 g/mol. The van der Waals surface area contributed by atoms with E-state index >= 15 is 0 Å². The van der Waals surface area contributed by atoms with Crippen LogP contribution in [-0.2, 0) is 69.6 Å². The van der Waals surface area contributed by atoms with Crippen LogP contribution in [0.2, 0.25) is 0 Å². The van der Waals surface area contributed by atoms with E-state index < -0.39 is 45.3 Å². The molecule has 86 heavy (non-hydrogen) atoms. The molecule has 0 saturated carbocycles. The first-order valence-corrected chi connectivity index (χ1v) is 40.1. The number of carbonyl (C=O) groups excluding carboxylic acids is 3. The molecule has 4 rings (SSSR count). The molecule has 4 aliphatic heterocycles. The predicted molar refractivity (Wildman–Crippen MR) is 348 cm³/mol. The van der Waals surface area contributed by atoms with Crippen LogP contribution < -0.4 is 0 Å². The molecule has 0 spiro atoms. The van der Waals surface area contributed by atoms with Gasteiger partial charge in [0.05, 0.1) is 12.2 Å². The molecule has 0 aliphatic carbocycles. The molecule has 0 amide bonds. The molecule has 0 aromatic rings. The third kappa shape index (κ3) is 49.0. The summed E-state index contributed by atoms with van der Waals surface area (Å²) in [5, 5.41) is 8.54. The van der Waals surface area contributed by atoms with Gasteiger partial charge in [0.15, 0.2) is 0 Å². The van der Waals surface area contributed by atoms with Crippen LogP contribution >= 0.6 is 0 Å². The van der Waals surface area contributed by atoms with Crippen molar-refractivity contribution in [3.05, 3.63) is 0 Å². The Morgan fingerprint density at radius 2 is 0.430 bits per heavy atom. The Labute approximate surface area is 552 Å². The Balaban J connectivity index is 0.000000964. The van der Waals surface area contributed by atoms with Crippen molar-refractivity contribution in [3.63, 3.8) is 0 Å². The average molecular weight is 1420 g/mol. The first-order chi connectivity index (χ1) is 41.7. The second-order valence-electron chi connectivity index (χ2n) is 26.3. The summed E-state index contributed by atoms with van der Waals surface area (Å²) < 4.78 is 40.3. The summed E-state index contributed by atoms with van der Waals surface area (Å²) >= 11 is -3.82. The molecule has 8 unspecified atom stereocenters. The zero-order valence-electron chi connectivity index (χ0n) is 55.9. The van der Waals surface area contributed by atoms with E-state index in [0.29, 0.717) is 55.3 Å². The van der Waals surface area contributed by atoms with E-state index in [9.17, 15) is 19.2 Å². The number of rotatable bonds is 63. The first-order valence-electron chi connectivity index (χ1n) is 36.9. The Morgan fingerprint density at radius 1 is 0.267 bits per heavy atom. The van der Waals surface area contributed by atoms with Gasteiger partial charge in [0, 0.05) is 28.8 Å². The van der Waals surface area contributed by atoms with Gasteiger partial charge in [-0.3, -0.25) is 4.79 Å². The third-order valence-corrected chi connectivity index (χ3v) is 21.2. The second-order valence-corrected chi connectivity index (χ2v) is 29.2. The normalized spacial score (nSPS) is 20.7. The van der Waals surface area contributed by atoms with Gasteiger partial charge in [-0.05, 0) is 19.3 Å². The van der Waals surface area contributed by atoms with Crippen LogP contribution in [0.4, 0.5) is 0 Å². The van der Waals surface area contributed by atoms with Crippen molar-refractivity contribution in [2.24, 2.45) is 0 Å². The number of unbranched alkanes of at least 4 members (excludes halogenated alkanes) is 36. The van der Waals surface area contributed by atoms with E-state index in [1.807, 2.05) is 0 Å². The molecule has 0 bridgehead atoms. The number of aliphatic carboxylic acids is 1. The Kier molecular flexibility index (Phi) is 53.9. The predicted octanol–water partition coefficient (Wildman–Crippen LogP) is 20.7. The van der Waals surface area contributed by atoms with Crippen LogP contribution in [0, 0.1) is 0 Å². The number of hydrogen-bond donors (Lipinski definition) is 1. The van der Waals surface area contributed by atoms with Crippen LogP contribution in [0.1, 0.15) is 387 Å².